The van der Waals surface area contributed by atoms with Crippen LogP contribution in [0.5, 0.6) is 11.5 Å². The minimum Gasteiger partial charge on any atom is -0.497 e. The molecule has 1 heterocycles. The van der Waals surface area contributed by atoms with E-state index in [0.29, 0.717) is 44.1 Å². The topological polar surface area (TPSA) is 59.1 Å². The summed E-state index contributed by atoms with van der Waals surface area (Å²) in [5, 5.41) is 0. The number of nitrogens with zero attached hydrogens (tertiary/aromatic N) is 2. The van der Waals surface area contributed by atoms with Crippen molar-refractivity contribution >= 4 is 11.8 Å². The maximum Gasteiger partial charge on any atom is 0.227 e. The molecule has 6 nitrogen and oxygen atoms in total. The van der Waals surface area contributed by atoms with Gasteiger partial charge in [-0.1, -0.05) is 6.92 Å². The fourth-order valence-electron chi connectivity index (χ4n) is 2.87. The van der Waals surface area contributed by atoms with Crippen molar-refractivity contribution in [3.05, 3.63) is 23.8 Å². The molecule has 0 aromatic heterocycles. The number of amides is 2. The number of hydrogen-bond donors (Lipinski definition) is 0. The zero-order valence-electron chi connectivity index (χ0n) is 14.7. The molecule has 1 aromatic rings. The summed E-state index contributed by atoms with van der Waals surface area (Å²) in [7, 11) is 3.19. The van der Waals surface area contributed by atoms with Gasteiger partial charge in [0.1, 0.15) is 11.5 Å². The van der Waals surface area contributed by atoms with E-state index in [-0.39, 0.29) is 18.2 Å². The van der Waals surface area contributed by atoms with E-state index in [1.54, 1.807) is 14.2 Å². The van der Waals surface area contributed by atoms with Gasteiger partial charge in [-0.15, -0.1) is 0 Å². The number of ether oxygens (including phenoxy) is 2. The monoisotopic (exact) mass is 334 g/mol. The second kappa shape index (κ2) is 8.57. The lowest BCUT2D eigenvalue weighted by Crippen LogP contribution is -2.50. The first-order valence-electron chi connectivity index (χ1n) is 8.35. The molecule has 0 radical (unpaired) electrons. The van der Waals surface area contributed by atoms with Crippen LogP contribution < -0.4 is 9.47 Å². The van der Waals surface area contributed by atoms with Crippen LogP contribution in [0.1, 0.15) is 25.3 Å². The Morgan fingerprint density at radius 3 is 2.17 bits per heavy atom. The highest BCUT2D eigenvalue weighted by Gasteiger charge is 2.24. The summed E-state index contributed by atoms with van der Waals surface area (Å²) in [5.74, 6) is 1.61. The lowest BCUT2D eigenvalue weighted by atomic mass is 10.1. The minimum absolute atomic E-state index is 0.0455. The molecule has 0 aliphatic carbocycles. The third-order valence-electron chi connectivity index (χ3n) is 4.28. The number of hydrogen-bond acceptors (Lipinski definition) is 4. The van der Waals surface area contributed by atoms with E-state index in [2.05, 4.69) is 0 Å². The van der Waals surface area contributed by atoms with E-state index in [1.165, 1.54) is 0 Å². The molecule has 1 fully saturated rings. The van der Waals surface area contributed by atoms with E-state index in [9.17, 15) is 9.59 Å². The molecule has 0 bridgehead atoms. The Kier molecular flexibility index (Phi) is 6.46. The van der Waals surface area contributed by atoms with Crippen LogP contribution in [-0.2, 0) is 16.0 Å². The fraction of sp³-hybridized carbons (Fsp3) is 0.556. The molecule has 1 aliphatic rings. The summed E-state index contributed by atoms with van der Waals surface area (Å²) >= 11 is 0. The van der Waals surface area contributed by atoms with Crippen molar-refractivity contribution in [1.29, 1.82) is 0 Å². The van der Waals surface area contributed by atoms with Crippen molar-refractivity contribution in [2.75, 3.05) is 40.4 Å². The summed E-state index contributed by atoms with van der Waals surface area (Å²) in [6, 6.07) is 5.45. The van der Waals surface area contributed by atoms with Gasteiger partial charge in [-0.3, -0.25) is 9.59 Å². The first kappa shape index (κ1) is 18.1. The fourth-order valence-corrected chi connectivity index (χ4v) is 2.87. The van der Waals surface area contributed by atoms with Gasteiger partial charge in [-0.2, -0.15) is 0 Å². The first-order chi connectivity index (χ1) is 11.6. The van der Waals surface area contributed by atoms with Crippen molar-refractivity contribution in [3.63, 3.8) is 0 Å². The summed E-state index contributed by atoms with van der Waals surface area (Å²) in [4.78, 5) is 28.1. The lowest BCUT2D eigenvalue weighted by molar-refractivity contribution is -0.139. The van der Waals surface area contributed by atoms with E-state index >= 15 is 0 Å². The van der Waals surface area contributed by atoms with Crippen molar-refractivity contribution < 1.29 is 19.1 Å². The largest absolute Gasteiger partial charge is 0.497 e. The van der Waals surface area contributed by atoms with Gasteiger partial charge in [0.15, 0.2) is 0 Å². The summed E-state index contributed by atoms with van der Waals surface area (Å²) in [5.41, 5.74) is 0.811. The van der Waals surface area contributed by atoms with Gasteiger partial charge >= 0.3 is 0 Å². The SMILES string of the molecule is CCCC(=O)N1CCN(C(=O)Cc2cc(OC)ccc2OC)CC1. The quantitative estimate of drug-likeness (QED) is 0.795. The van der Waals surface area contributed by atoms with Gasteiger partial charge in [0.2, 0.25) is 11.8 Å². The van der Waals surface area contributed by atoms with Crippen LogP contribution in [0.4, 0.5) is 0 Å². The van der Waals surface area contributed by atoms with Gasteiger partial charge in [0, 0.05) is 38.2 Å². The van der Waals surface area contributed by atoms with Gasteiger partial charge in [-0.25, -0.2) is 0 Å². The number of methoxy groups -OCH3 is 2. The molecule has 2 rings (SSSR count). The Morgan fingerprint density at radius 2 is 1.62 bits per heavy atom. The Balaban J connectivity index is 1.95. The second-order valence-corrected chi connectivity index (χ2v) is 5.87. The maximum absolute atomic E-state index is 12.6. The molecule has 1 aliphatic heterocycles. The minimum atomic E-state index is 0.0455. The van der Waals surface area contributed by atoms with Gasteiger partial charge < -0.3 is 19.3 Å². The molecule has 0 N–H and O–H groups in total. The van der Waals surface area contributed by atoms with Crippen LogP contribution in [0, 0.1) is 0 Å². The predicted octanol–water partition coefficient (Wildman–Crippen LogP) is 1.72. The molecule has 0 saturated carbocycles. The average molecular weight is 334 g/mol. The molecule has 0 unspecified atom stereocenters. The zero-order valence-corrected chi connectivity index (χ0v) is 14.7. The molecular formula is C18H26N2O4. The summed E-state index contributed by atoms with van der Waals surface area (Å²) in [6.07, 6.45) is 1.70. The molecule has 1 aromatic carbocycles. The van der Waals surface area contributed by atoms with Crippen LogP contribution >= 0.6 is 0 Å². The maximum atomic E-state index is 12.6. The third-order valence-corrected chi connectivity index (χ3v) is 4.28. The molecular weight excluding hydrogens is 308 g/mol. The van der Waals surface area contributed by atoms with Crippen LogP contribution in [0.15, 0.2) is 18.2 Å². The van der Waals surface area contributed by atoms with Crippen molar-refractivity contribution in [2.24, 2.45) is 0 Å². The van der Waals surface area contributed by atoms with E-state index in [1.807, 2.05) is 34.9 Å². The average Bonchev–Trinajstić information content (AvgIpc) is 2.62. The smallest absolute Gasteiger partial charge is 0.227 e. The third kappa shape index (κ3) is 4.40. The molecule has 0 spiro atoms. The number of carbonyl (C=O) groups is 2. The van der Waals surface area contributed by atoms with Crippen LogP contribution in [0.25, 0.3) is 0 Å². The Hall–Kier alpha value is -2.24. The number of piperazine rings is 1. The Bertz CT molecular complexity index is 580. The molecule has 6 heteroatoms. The Labute approximate surface area is 143 Å². The summed E-state index contributed by atoms with van der Waals surface area (Å²) in [6.45, 7) is 4.39. The van der Waals surface area contributed by atoms with Crippen LogP contribution in [0.2, 0.25) is 0 Å². The number of rotatable bonds is 6. The predicted molar refractivity (Wildman–Crippen MR) is 91.3 cm³/mol. The van der Waals surface area contributed by atoms with Crippen molar-refractivity contribution in [2.45, 2.75) is 26.2 Å². The van der Waals surface area contributed by atoms with Crippen LogP contribution in [0.3, 0.4) is 0 Å². The number of benzene rings is 1. The molecule has 132 valence electrons. The molecule has 1 saturated heterocycles. The molecule has 2 amide bonds. The number of carbonyl (C=O) groups excluding carboxylic acids is 2. The molecule has 0 atom stereocenters. The van der Waals surface area contributed by atoms with E-state index < -0.39 is 0 Å². The standard InChI is InChI=1S/C18H26N2O4/c1-4-5-17(21)19-8-10-20(11-9-19)18(22)13-14-12-15(23-2)6-7-16(14)24-3/h6-7,12H,4-5,8-11,13H2,1-3H3. The highest BCUT2D eigenvalue weighted by Crippen LogP contribution is 2.25. The van der Waals surface area contributed by atoms with Gasteiger partial charge in [-0.05, 0) is 24.6 Å². The van der Waals surface area contributed by atoms with Gasteiger partial charge in [0.05, 0.1) is 20.6 Å². The summed E-state index contributed by atoms with van der Waals surface area (Å²) < 4.78 is 10.5. The van der Waals surface area contributed by atoms with Crippen LogP contribution in [-0.4, -0.2) is 62.0 Å². The normalized spacial score (nSPS) is 14.5. The van der Waals surface area contributed by atoms with Crippen molar-refractivity contribution in [3.8, 4) is 11.5 Å². The van der Waals surface area contributed by atoms with E-state index in [4.69, 9.17) is 9.47 Å². The van der Waals surface area contributed by atoms with Crippen molar-refractivity contribution in [1.82, 2.24) is 9.80 Å². The highest BCUT2D eigenvalue weighted by molar-refractivity contribution is 5.80. The van der Waals surface area contributed by atoms with E-state index in [0.717, 1.165) is 12.0 Å². The first-order valence-corrected chi connectivity index (χ1v) is 8.35. The lowest BCUT2D eigenvalue weighted by Gasteiger charge is -2.35. The highest BCUT2D eigenvalue weighted by atomic mass is 16.5. The second-order valence-electron chi connectivity index (χ2n) is 5.87. The Morgan fingerprint density at radius 1 is 1.00 bits per heavy atom. The van der Waals surface area contributed by atoms with Gasteiger partial charge in [0.25, 0.3) is 0 Å². The zero-order chi connectivity index (χ0) is 17.5. The molecule has 24 heavy (non-hydrogen) atoms.